The molecular weight excluding hydrogens is 342 g/mol. The summed E-state index contributed by atoms with van der Waals surface area (Å²) in [4.78, 5) is 16.3. The van der Waals surface area contributed by atoms with Crippen molar-refractivity contribution in [1.82, 2.24) is 4.98 Å². The van der Waals surface area contributed by atoms with E-state index in [2.05, 4.69) is 15.5 Å². The first-order valence-electron chi connectivity index (χ1n) is 7.64. The average Bonchev–Trinajstić information content (AvgIpc) is 2.95. The largest absolute Gasteiger partial charge is 0.493 e. The lowest BCUT2D eigenvalue weighted by Crippen LogP contribution is -2.06. The van der Waals surface area contributed by atoms with Crippen LogP contribution in [0.5, 0.6) is 11.5 Å². The SMILES string of the molecule is COC(=O)c1sc(N/N=C\c2ccc(OC(C)C)c(OC)c2)nc1C. The van der Waals surface area contributed by atoms with Crippen molar-refractivity contribution in [3.63, 3.8) is 0 Å². The first-order valence-corrected chi connectivity index (χ1v) is 8.45. The lowest BCUT2D eigenvalue weighted by molar-refractivity contribution is 0.0605. The molecule has 1 N–H and O–H groups in total. The number of aryl methyl sites for hydroxylation is 1. The van der Waals surface area contributed by atoms with Crippen LogP contribution in [0.3, 0.4) is 0 Å². The van der Waals surface area contributed by atoms with E-state index < -0.39 is 5.97 Å². The number of nitrogens with zero attached hydrogens (tertiary/aromatic N) is 2. The highest BCUT2D eigenvalue weighted by Crippen LogP contribution is 2.28. The predicted octanol–water partition coefficient (Wildman–Crippen LogP) is 3.48. The van der Waals surface area contributed by atoms with Gasteiger partial charge >= 0.3 is 5.97 Å². The molecule has 0 atom stereocenters. The number of rotatable bonds is 7. The Balaban J connectivity index is 2.08. The number of ether oxygens (including phenoxy) is 3. The van der Waals surface area contributed by atoms with Crippen LogP contribution >= 0.6 is 11.3 Å². The fourth-order valence-corrected chi connectivity index (χ4v) is 2.84. The highest BCUT2D eigenvalue weighted by atomic mass is 32.1. The van der Waals surface area contributed by atoms with E-state index in [0.717, 1.165) is 5.56 Å². The maximum Gasteiger partial charge on any atom is 0.350 e. The van der Waals surface area contributed by atoms with Gasteiger partial charge in [-0.1, -0.05) is 11.3 Å². The number of carbonyl (C=O) groups excluding carboxylic acids is 1. The molecule has 0 aliphatic heterocycles. The van der Waals surface area contributed by atoms with Crippen molar-refractivity contribution in [2.75, 3.05) is 19.6 Å². The molecular formula is C17H21N3O4S. The standard InChI is InChI=1S/C17H21N3O4S/c1-10(2)24-13-7-6-12(8-14(13)22-4)9-18-20-17-19-11(3)15(25-17)16(21)23-5/h6-10H,1-5H3,(H,19,20)/b18-9-. The first-order chi connectivity index (χ1) is 11.9. The first kappa shape index (κ1) is 18.7. The topological polar surface area (TPSA) is 82.0 Å². The zero-order valence-corrected chi connectivity index (χ0v) is 15.6. The minimum atomic E-state index is -0.405. The molecule has 0 saturated carbocycles. The zero-order valence-electron chi connectivity index (χ0n) is 14.8. The number of hydrazone groups is 1. The van der Waals surface area contributed by atoms with Gasteiger partial charge in [0.1, 0.15) is 4.88 Å². The van der Waals surface area contributed by atoms with Crippen LogP contribution in [0.1, 0.15) is 34.8 Å². The quantitative estimate of drug-likeness (QED) is 0.461. The summed E-state index contributed by atoms with van der Waals surface area (Å²) >= 11 is 1.19. The molecule has 8 heteroatoms. The van der Waals surface area contributed by atoms with Gasteiger partial charge in [-0.2, -0.15) is 5.10 Å². The van der Waals surface area contributed by atoms with Crippen molar-refractivity contribution >= 4 is 28.7 Å². The Hall–Kier alpha value is -2.61. The number of nitrogens with one attached hydrogen (secondary N) is 1. The van der Waals surface area contributed by atoms with Crippen molar-refractivity contribution in [3.05, 3.63) is 34.3 Å². The van der Waals surface area contributed by atoms with Crippen molar-refractivity contribution in [3.8, 4) is 11.5 Å². The number of thiazole rings is 1. The Labute approximate surface area is 150 Å². The Morgan fingerprint density at radius 1 is 1.32 bits per heavy atom. The third kappa shape index (κ3) is 4.93. The van der Waals surface area contributed by atoms with Crippen molar-refractivity contribution in [1.29, 1.82) is 0 Å². The van der Waals surface area contributed by atoms with Crippen LogP contribution in [0.25, 0.3) is 0 Å². The van der Waals surface area contributed by atoms with Gasteiger partial charge in [-0.25, -0.2) is 9.78 Å². The number of anilines is 1. The molecule has 0 unspecified atom stereocenters. The number of methoxy groups -OCH3 is 2. The molecule has 7 nitrogen and oxygen atoms in total. The van der Waals surface area contributed by atoms with Crippen molar-refractivity contribution < 1.29 is 19.0 Å². The second-order valence-electron chi connectivity index (χ2n) is 5.37. The van der Waals surface area contributed by atoms with Crippen LogP contribution in [0.15, 0.2) is 23.3 Å². The van der Waals surface area contributed by atoms with E-state index in [9.17, 15) is 4.79 Å². The van der Waals surface area contributed by atoms with E-state index in [1.165, 1.54) is 18.4 Å². The number of carbonyl (C=O) groups is 1. The summed E-state index contributed by atoms with van der Waals surface area (Å²) in [6.07, 6.45) is 1.70. The smallest absolute Gasteiger partial charge is 0.350 e. The second kappa shape index (κ2) is 8.48. The second-order valence-corrected chi connectivity index (χ2v) is 6.37. The van der Waals surface area contributed by atoms with Gasteiger partial charge in [0, 0.05) is 0 Å². The number of aromatic nitrogens is 1. The number of hydrogen-bond donors (Lipinski definition) is 1. The minimum Gasteiger partial charge on any atom is -0.493 e. The third-order valence-corrected chi connectivity index (χ3v) is 4.13. The molecule has 1 aromatic carbocycles. The monoisotopic (exact) mass is 363 g/mol. The molecule has 0 fully saturated rings. The summed E-state index contributed by atoms with van der Waals surface area (Å²) in [7, 11) is 2.93. The Kier molecular flexibility index (Phi) is 6.35. The normalized spacial score (nSPS) is 11.0. The molecule has 0 amide bonds. The van der Waals surface area contributed by atoms with E-state index in [-0.39, 0.29) is 6.10 Å². The van der Waals surface area contributed by atoms with Gasteiger partial charge in [-0.3, -0.25) is 5.43 Å². The van der Waals surface area contributed by atoms with Gasteiger partial charge < -0.3 is 14.2 Å². The van der Waals surface area contributed by atoms with Gasteiger partial charge in [-0.15, -0.1) is 0 Å². The van der Waals surface area contributed by atoms with Crippen LogP contribution in [-0.2, 0) is 4.74 Å². The minimum absolute atomic E-state index is 0.0623. The molecule has 0 saturated heterocycles. The fraction of sp³-hybridized carbons (Fsp3) is 0.353. The van der Waals surface area contributed by atoms with Crippen LogP contribution in [0.2, 0.25) is 0 Å². The number of hydrogen-bond acceptors (Lipinski definition) is 8. The summed E-state index contributed by atoms with van der Waals surface area (Å²) in [5.74, 6) is 0.911. The van der Waals surface area contributed by atoms with E-state index in [1.807, 2.05) is 32.0 Å². The lowest BCUT2D eigenvalue weighted by atomic mass is 10.2. The van der Waals surface area contributed by atoms with Gasteiger partial charge in [-0.05, 0) is 44.5 Å². The van der Waals surface area contributed by atoms with Crippen LogP contribution in [0.4, 0.5) is 5.13 Å². The molecule has 1 aromatic heterocycles. The molecule has 2 aromatic rings. The molecule has 134 valence electrons. The summed E-state index contributed by atoms with van der Waals surface area (Å²) in [5, 5.41) is 4.66. The van der Waals surface area contributed by atoms with Gasteiger partial charge in [0.2, 0.25) is 5.13 Å². The molecule has 0 aliphatic rings. The molecule has 1 heterocycles. The molecule has 0 bridgehead atoms. The molecule has 0 radical (unpaired) electrons. The lowest BCUT2D eigenvalue weighted by Gasteiger charge is -2.13. The predicted molar refractivity (Wildman–Crippen MR) is 98.2 cm³/mol. The maximum atomic E-state index is 11.6. The van der Waals surface area contributed by atoms with E-state index in [4.69, 9.17) is 14.2 Å². The molecule has 0 aliphatic carbocycles. The Bertz CT molecular complexity index is 771. The maximum absolute atomic E-state index is 11.6. The third-order valence-electron chi connectivity index (χ3n) is 3.09. The Morgan fingerprint density at radius 3 is 2.72 bits per heavy atom. The van der Waals surface area contributed by atoms with Crippen molar-refractivity contribution in [2.45, 2.75) is 26.9 Å². The van der Waals surface area contributed by atoms with Crippen molar-refractivity contribution in [2.24, 2.45) is 5.10 Å². The van der Waals surface area contributed by atoms with Crippen LogP contribution in [-0.4, -0.2) is 37.5 Å². The van der Waals surface area contributed by atoms with Gasteiger partial charge in [0.15, 0.2) is 11.5 Å². The zero-order chi connectivity index (χ0) is 18.4. The van der Waals surface area contributed by atoms with Gasteiger partial charge in [0.05, 0.1) is 32.2 Å². The number of benzene rings is 1. The fourth-order valence-electron chi connectivity index (χ4n) is 2.00. The molecule has 2 rings (SSSR count). The summed E-state index contributed by atoms with van der Waals surface area (Å²) < 4.78 is 15.7. The van der Waals surface area contributed by atoms with Crippen LogP contribution in [0, 0.1) is 6.92 Å². The van der Waals surface area contributed by atoms with E-state index >= 15 is 0 Å². The van der Waals surface area contributed by atoms with Gasteiger partial charge in [0.25, 0.3) is 0 Å². The van der Waals surface area contributed by atoms with E-state index in [0.29, 0.717) is 27.2 Å². The molecule has 0 spiro atoms. The highest BCUT2D eigenvalue weighted by molar-refractivity contribution is 7.17. The average molecular weight is 363 g/mol. The number of esters is 1. The highest BCUT2D eigenvalue weighted by Gasteiger charge is 2.15. The summed E-state index contributed by atoms with van der Waals surface area (Å²) in [6, 6.07) is 5.54. The van der Waals surface area contributed by atoms with E-state index in [1.54, 1.807) is 20.2 Å². The summed E-state index contributed by atoms with van der Waals surface area (Å²) in [5.41, 5.74) is 4.25. The summed E-state index contributed by atoms with van der Waals surface area (Å²) in [6.45, 7) is 5.66. The van der Waals surface area contributed by atoms with Crippen LogP contribution < -0.4 is 14.9 Å². The molecule has 25 heavy (non-hydrogen) atoms. The Morgan fingerprint density at radius 2 is 2.08 bits per heavy atom.